The highest BCUT2D eigenvalue weighted by atomic mass is 32.2. The van der Waals surface area contributed by atoms with Crippen molar-refractivity contribution in [3.05, 3.63) is 60.3 Å². The van der Waals surface area contributed by atoms with Gasteiger partial charge >= 0.3 is 0 Å². The lowest BCUT2D eigenvalue weighted by atomic mass is 9.95. The van der Waals surface area contributed by atoms with Crippen LogP contribution in [0, 0.1) is 5.92 Å². The third-order valence-corrected chi connectivity index (χ3v) is 7.62. The number of aromatic nitrogens is 3. The van der Waals surface area contributed by atoms with Gasteiger partial charge in [0.2, 0.25) is 5.88 Å². The number of benzene rings is 1. The van der Waals surface area contributed by atoms with Gasteiger partial charge in [0.15, 0.2) is 5.82 Å². The molecule has 3 aromatic rings. The van der Waals surface area contributed by atoms with Crippen molar-refractivity contribution >= 4 is 21.7 Å². The van der Waals surface area contributed by atoms with Gasteiger partial charge in [0.25, 0.3) is 15.9 Å². The molecule has 1 N–H and O–H groups in total. The van der Waals surface area contributed by atoms with Crippen LogP contribution < -0.4 is 14.4 Å². The molecular formula is C25H31N5O4S. The van der Waals surface area contributed by atoms with E-state index in [0.717, 1.165) is 19.4 Å². The summed E-state index contributed by atoms with van der Waals surface area (Å²) in [5.41, 5.74) is -0.0736. The standard InChI is InChI=1S/C25H31N5O4S/c1-5-18-16-25(3,4)29(17-18)23-20(24(31)28-35(32,33)19-10-8-7-9-11-19)12-13-21(26-23)30-15-14-22(27-30)34-6-2/h7-15,18H,5-6,16-17H2,1-4H3,(H,28,31)/t18-/m0/s1. The Balaban J connectivity index is 1.75. The molecule has 4 rings (SSSR count). The first-order valence-corrected chi connectivity index (χ1v) is 13.2. The van der Waals surface area contributed by atoms with E-state index < -0.39 is 15.9 Å². The average Bonchev–Trinajstić information content (AvgIpc) is 3.42. The van der Waals surface area contributed by atoms with Gasteiger partial charge in [-0.3, -0.25) is 4.79 Å². The summed E-state index contributed by atoms with van der Waals surface area (Å²) in [7, 11) is -4.04. The number of pyridine rings is 1. The third kappa shape index (κ3) is 5.17. The molecule has 186 valence electrons. The lowest BCUT2D eigenvalue weighted by Crippen LogP contribution is -2.41. The van der Waals surface area contributed by atoms with Crippen LogP contribution in [0.1, 0.15) is 50.9 Å². The Bertz CT molecular complexity index is 1300. The van der Waals surface area contributed by atoms with E-state index in [-0.39, 0.29) is 16.0 Å². The SMILES string of the molecule is CCOc1ccn(-c2ccc(C(=O)NS(=O)(=O)c3ccccc3)c(N3C[C@@H](CC)CC3(C)C)n2)n1. The Morgan fingerprint density at radius 3 is 2.54 bits per heavy atom. The molecule has 0 bridgehead atoms. The minimum absolute atomic E-state index is 0.0204. The van der Waals surface area contributed by atoms with E-state index >= 15 is 0 Å². The summed E-state index contributed by atoms with van der Waals surface area (Å²) in [6.45, 7) is 9.46. The second kappa shape index (κ2) is 9.69. The molecule has 0 radical (unpaired) electrons. The summed E-state index contributed by atoms with van der Waals surface area (Å²) >= 11 is 0. The molecule has 1 aromatic carbocycles. The smallest absolute Gasteiger partial charge is 0.268 e. The Morgan fingerprint density at radius 1 is 1.14 bits per heavy atom. The van der Waals surface area contributed by atoms with E-state index in [1.54, 1.807) is 47.3 Å². The number of carbonyl (C=O) groups excluding carboxylic acids is 1. The summed E-state index contributed by atoms with van der Waals surface area (Å²) in [5.74, 6) is 1.11. The number of ether oxygens (including phenoxy) is 1. The van der Waals surface area contributed by atoms with Crippen molar-refractivity contribution in [2.45, 2.75) is 51.0 Å². The normalized spacial score (nSPS) is 17.4. The van der Waals surface area contributed by atoms with Crippen LogP contribution in [0.4, 0.5) is 5.82 Å². The third-order valence-electron chi connectivity index (χ3n) is 6.27. The first-order valence-electron chi connectivity index (χ1n) is 11.7. The van der Waals surface area contributed by atoms with Gasteiger partial charge in [-0.1, -0.05) is 31.5 Å². The Hall–Kier alpha value is -3.40. The molecular weight excluding hydrogens is 466 g/mol. The van der Waals surface area contributed by atoms with Gasteiger partial charge in [-0.25, -0.2) is 22.8 Å². The minimum Gasteiger partial charge on any atom is -0.477 e. The first-order chi connectivity index (χ1) is 16.6. The molecule has 1 atom stereocenters. The highest BCUT2D eigenvalue weighted by Crippen LogP contribution is 2.39. The second-order valence-corrected chi connectivity index (χ2v) is 10.9. The van der Waals surface area contributed by atoms with Crippen molar-refractivity contribution in [1.82, 2.24) is 19.5 Å². The zero-order valence-electron chi connectivity index (χ0n) is 20.4. The molecule has 2 aromatic heterocycles. The van der Waals surface area contributed by atoms with Crippen LogP contribution in [-0.4, -0.2) is 47.8 Å². The Labute approximate surface area is 206 Å². The lowest BCUT2D eigenvalue weighted by Gasteiger charge is -2.34. The number of anilines is 1. The van der Waals surface area contributed by atoms with Crippen LogP contribution in [0.3, 0.4) is 0 Å². The predicted molar refractivity (Wildman–Crippen MR) is 133 cm³/mol. The van der Waals surface area contributed by atoms with Crippen LogP contribution in [0.5, 0.6) is 5.88 Å². The van der Waals surface area contributed by atoms with Crippen molar-refractivity contribution in [3.8, 4) is 11.7 Å². The van der Waals surface area contributed by atoms with Crippen molar-refractivity contribution in [3.63, 3.8) is 0 Å². The fraction of sp³-hybridized carbons (Fsp3) is 0.400. The molecule has 35 heavy (non-hydrogen) atoms. The molecule has 0 unspecified atom stereocenters. The maximum absolute atomic E-state index is 13.3. The van der Waals surface area contributed by atoms with Gasteiger partial charge < -0.3 is 9.64 Å². The molecule has 1 fully saturated rings. The van der Waals surface area contributed by atoms with Crippen molar-refractivity contribution in [2.24, 2.45) is 5.92 Å². The molecule has 0 saturated carbocycles. The molecule has 0 aliphatic carbocycles. The maximum Gasteiger partial charge on any atom is 0.268 e. The van der Waals surface area contributed by atoms with Crippen LogP contribution >= 0.6 is 0 Å². The van der Waals surface area contributed by atoms with Gasteiger partial charge in [0.05, 0.1) is 17.1 Å². The molecule has 0 spiro atoms. The van der Waals surface area contributed by atoms with Crippen LogP contribution in [0.2, 0.25) is 0 Å². The van der Waals surface area contributed by atoms with Crippen LogP contribution in [0.15, 0.2) is 59.6 Å². The fourth-order valence-corrected chi connectivity index (χ4v) is 5.46. The number of hydrogen-bond donors (Lipinski definition) is 1. The Kier molecular flexibility index (Phi) is 6.84. The van der Waals surface area contributed by atoms with Crippen molar-refractivity contribution in [1.29, 1.82) is 0 Å². The summed E-state index contributed by atoms with van der Waals surface area (Å²) in [5, 5.41) is 4.40. The van der Waals surface area contributed by atoms with Gasteiger partial charge in [0, 0.05) is 24.3 Å². The number of nitrogens with one attached hydrogen (secondary N) is 1. The first kappa shape index (κ1) is 24.7. The van der Waals surface area contributed by atoms with Gasteiger partial charge in [-0.05, 0) is 57.4 Å². The number of hydrogen-bond acceptors (Lipinski definition) is 7. The fourth-order valence-electron chi connectivity index (χ4n) is 4.48. The van der Waals surface area contributed by atoms with Crippen molar-refractivity contribution < 1.29 is 17.9 Å². The highest BCUT2D eigenvalue weighted by molar-refractivity contribution is 7.90. The largest absolute Gasteiger partial charge is 0.477 e. The average molecular weight is 498 g/mol. The van der Waals surface area contributed by atoms with E-state index in [0.29, 0.717) is 30.0 Å². The molecule has 1 saturated heterocycles. The summed E-state index contributed by atoms with van der Waals surface area (Å²) in [6, 6.07) is 12.8. The van der Waals surface area contributed by atoms with E-state index in [2.05, 4.69) is 35.5 Å². The van der Waals surface area contributed by atoms with E-state index in [1.165, 1.54) is 12.1 Å². The van der Waals surface area contributed by atoms with Gasteiger partial charge in [-0.2, -0.15) is 0 Å². The van der Waals surface area contributed by atoms with Gasteiger partial charge in [0.1, 0.15) is 5.82 Å². The maximum atomic E-state index is 13.3. The quantitative estimate of drug-likeness (QED) is 0.504. The molecule has 10 heteroatoms. The van der Waals surface area contributed by atoms with E-state index in [9.17, 15) is 13.2 Å². The topological polar surface area (TPSA) is 106 Å². The molecule has 3 heterocycles. The molecule has 1 aliphatic heterocycles. The van der Waals surface area contributed by atoms with Crippen LogP contribution in [-0.2, 0) is 10.0 Å². The minimum atomic E-state index is -4.04. The summed E-state index contributed by atoms with van der Waals surface area (Å²) in [6.07, 6.45) is 3.68. The predicted octanol–water partition coefficient (Wildman–Crippen LogP) is 3.80. The van der Waals surface area contributed by atoms with Crippen LogP contribution in [0.25, 0.3) is 5.82 Å². The second-order valence-electron chi connectivity index (χ2n) is 9.22. The van der Waals surface area contributed by atoms with Gasteiger partial charge in [-0.15, -0.1) is 5.10 Å². The molecule has 1 aliphatic rings. The zero-order valence-corrected chi connectivity index (χ0v) is 21.2. The number of carbonyl (C=O) groups is 1. The van der Waals surface area contributed by atoms with Crippen molar-refractivity contribution in [2.75, 3.05) is 18.1 Å². The lowest BCUT2D eigenvalue weighted by molar-refractivity contribution is 0.0981. The number of amides is 1. The number of sulfonamides is 1. The summed E-state index contributed by atoms with van der Waals surface area (Å²) in [4.78, 5) is 20.2. The highest BCUT2D eigenvalue weighted by Gasteiger charge is 2.40. The zero-order chi connectivity index (χ0) is 25.2. The Morgan fingerprint density at radius 2 is 1.89 bits per heavy atom. The molecule has 1 amide bonds. The molecule has 9 nitrogen and oxygen atoms in total. The number of nitrogens with zero attached hydrogens (tertiary/aromatic N) is 4. The number of rotatable bonds is 8. The monoisotopic (exact) mass is 497 g/mol. The van der Waals surface area contributed by atoms with E-state index in [1.807, 2.05) is 6.92 Å². The summed E-state index contributed by atoms with van der Waals surface area (Å²) < 4.78 is 34.9. The van der Waals surface area contributed by atoms with E-state index in [4.69, 9.17) is 9.72 Å².